The number of rotatable bonds is 24. The van der Waals surface area contributed by atoms with Crippen molar-refractivity contribution in [2.45, 2.75) is 175 Å². The molecule has 5 heteroatoms. The number of nitrogens with two attached hydrogens (primary N) is 1. The Morgan fingerprint density at radius 1 is 0.605 bits per heavy atom. The number of hydrogen-bond acceptors (Lipinski definition) is 5. The molecule has 0 aliphatic heterocycles. The molecule has 0 saturated heterocycles. The van der Waals surface area contributed by atoms with Gasteiger partial charge in [0.2, 0.25) is 0 Å². The van der Waals surface area contributed by atoms with Crippen molar-refractivity contribution in [3.63, 3.8) is 0 Å². The van der Waals surface area contributed by atoms with E-state index in [4.69, 9.17) is 10.5 Å². The van der Waals surface area contributed by atoms with Crippen molar-refractivity contribution in [3.8, 4) is 0 Å². The molecule has 0 saturated carbocycles. The van der Waals surface area contributed by atoms with E-state index in [1.54, 1.807) is 0 Å². The molecule has 5 N–H and O–H groups in total. The fourth-order valence-electron chi connectivity index (χ4n) is 6.17. The van der Waals surface area contributed by atoms with Crippen LogP contribution in [0.25, 0.3) is 0 Å². The fraction of sp³-hybridized carbons (Fsp3) is 0.842. The predicted octanol–water partition coefficient (Wildman–Crippen LogP) is 9.02. The van der Waals surface area contributed by atoms with E-state index in [0.29, 0.717) is 13.2 Å². The minimum atomic E-state index is -1.20. The molecule has 0 heterocycles. The van der Waals surface area contributed by atoms with Gasteiger partial charge in [0.15, 0.2) is 0 Å². The lowest BCUT2D eigenvalue weighted by molar-refractivity contribution is -0.118. The summed E-state index contributed by atoms with van der Waals surface area (Å²) in [6.07, 6.45) is 20.4. The maximum atomic E-state index is 10.5. The zero-order valence-electron chi connectivity index (χ0n) is 29.4. The van der Waals surface area contributed by atoms with Gasteiger partial charge in [0.25, 0.3) is 0 Å². The van der Waals surface area contributed by atoms with Gasteiger partial charge in [-0.25, -0.2) is 0 Å². The molecule has 43 heavy (non-hydrogen) atoms. The molecular weight excluding hydrogens is 534 g/mol. The van der Waals surface area contributed by atoms with Crippen LogP contribution in [0, 0.1) is 5.41 Å². The molecule has 0 aromatic heterocycles. The molecular formula is C38H71NO4. The smallest absolute Gasteiger partial charge is 0.0953 e. The number of aliphatic hydroxyl groups excluding tert-OH is 3. The molecule has 0 bridgehead atoms. The third-order valence-electron chi connectivity index (χ3n) is 9.14. The van der Waals surface area contributed by atoms with Crippen LogP contribution in [0.2, 0.25) is 0 Å². The lowest BCUT2D eigenvalue weighted by Crippen LogP contribution is -2.43. The van der Waals surface area contributed by atoms with Gasteiger partial charge in [0.05, 0.1) is 31.3 Å². The molecule has 252 valence electrons. The van der Waals surface area contributed by atoms with Crippen LogP contribution in [-0.4, -0.2) is 41.7 Å². The van der Waals surface area contributed by atoms with Crippen LogP contribution in [0.3, 0.4) is 0 Å². The molecule has 0 radical (unpaired) electrons. The molecule has 1 rings (SSSR count). The van der Waals surface area contributed by atoms with Crippen LogP contribution >= 0.6 is 0 Å². The Morgan fingerprint density at radius 3 is 1.26 bits per heavy atom. The van der Waals surface area contributed by atoms with Crippen molar-refractivity contribution in [2.24, 2.45) is 11.1 Å². The van der Waals surface area contributed by atoms with Crippen molar-refractivity contribution < 1.29 is 20.1 Å². The van der Waals surface area contributed by atoms with Crippen LogP contribution in [-0.2, 0) is 22.1 Å². The first-order chi connectivity index (χ1) is 20.4. The summed E-state index contributed by atoms with van der Waals surface area (Å²) in [6.45, 7) is 15.2. The van der Waals surface area contributed by atoms with Crippen molar-refractivity contribution in [1.29, 1.82) is 0 Å². The third kappa shape index (κ3) is 13.9. The Labute approximate surface area is 266 Å². The highest BCUT2D eigenvalue weighted by Gasteiger charge is 2.44. The third-order valence-corrected chi connectivity index (χ3v) is 9.14. The van der Waals surface area contributed by atoms with E-state index < -0.39 is 11.5 Å². The molecule has 0 amide bonds. The highest BCUT2D eigenvalue weighted by Crippen LogP contribution is 2.46. The minimum Gasteiger partial charge on any atom is -0.395 e. The SMILES string of the molecule is CCCCCCCCCCCCCCCCCCOC(c1c(C(C)(C)C)cc(CN)cc1C(C)(C)C)C(CO)(CO)CO. The lowest BCUT2D eigenvalue weighted by atomic mass is 9.69. The Morgan fingerprint density at radius 2 is 0.953 bits per heavy atom. The average molecular weight is 606 g/mol. The lowest BCUT2D eigenvalue weighted by Gasteiger charge is -2.42. The number of ether oxygens (including phenoxy) is 1. The second-order valence-corrected chi connectivity index (χ2v) is 15.2. The quantitative estimate of drug-likeness (QED) is 0.0882. The Kier molecular flexibility index (Phi) is 19.5. The van der Waals surface area contributed by atoms with Crippen molar-refractivity contribution in [1.82, 2.24) is 0 Å². The fourth-order valence-corrected chi connectivity index (χ4v) is 6.17. The Bertz CT molecular complexity index is 807. The van der Waals surface area contributed by atoms with Gasteiger partial charge < -0.3 is 25.8 Å². The molecule has 0 aliphatic carbocycles. The van der Waals surface area contributed by atoms with Gasteiger partial charge in [-0.2, -0.15) is 0 Å². The van der Waals surface area contributed by atoms with Crippen molar-refractivity contribution in [2.75, 3.05) is 26.4 Å². The topological polar surface area (TPSA) is 95.9 Å². The van der Waals surface area contributed by atoms with Gasteiger partial charge in [0, 0.05) is 13.2 Å². The molecule has 0 aliphatic rings. The van der Waals surface area contributed by atoms with Crippen molar-refractivity contribution >= 4 is 0 Å². The van der Waals surface area contributed by atoms with Gasteiger partial charge in [-0.05, 0) is 39.5 Å². The second kappa shape index (κ2) is 20.9. The van der Waals surface area contributed by atoms with E-state index in [-0.39, 0.29) is 30.7 Å². The standard InChI is InChI=1S/C38H71NO4/c1-8-9-10-11-12-13-14-15-16-17-18-19-20-21-22-23-24-43-35(38(28-40,29-41)30-42)34-32(36(2,3)4)25-31(27-39)26-33(34)37(5,6)7/h25-26,35,40-42H,8-24,27-30,39H2,1-7H3. The highest BCUT2D eigenvalue weighted by molar-refractivity contribution is 5.48. The number of hydrogen-bond donors (Lipinski definition) is 4. The maximum absolute atomic E-state index is 10.5. The summed E-state index contributed by atoms with van der Waals surface area (Å²) in [4.78, 5) is 0. The van der Waals surface area contributed by atoms with Gasteiger partial charge in [-0.3, -0.25) is 0 Å². The number of benzene rings is 1. The van der Waals surface area contributed by atoms with E-state index in [1.807, 2.05) is 0 Å². The van der Waals surface area contributed by atoms with E-state index in [0.717, 1.165) is 35.1 Å². The average Bonchev–Trinajstić information content (AvgIpc) is 2.97. The highest BCUT2D eigenvalue weighted by atomic mass is 16.5. The second-order valence-electron chi connectivity index (χ2n) is 15.2. The molecule has 0 fully saturated rings. The largest absolute Gasteiger partial charge is 0.395 e. The minimum absolute atomic E-state index is 0.220. The first kappa shape index (κ1) is 40.0. The summed E-state index contributed by atoms with van der Waals surface area (Å²) in [7, 11) is 0. The molecule has 1 atom stereocenters. The van der Waals surface area contributed by atoms with E-state index >= 15 is 0 Å². The monoisotopic (exact) mass is 606 g/mol. The summed E-state index contributed by atoms with van der Waals surface area (Å²) in [5.74, 6) is 0. The van der Waals surface area contributed by atoms with Crippen molar-refractivity contribution in [3.05, 3.63) is 34.4 Å². The first-order valence-electron chi connectivity index (χ1n) is 17.7. The van der Waals surface area contributed by atoms with Crippen LogP contribution < -0.4 is 5.73 Å². The number of unbranched alkanes of at least 4 members (excludes halogenated alkanes) is 15. The summed E-state index contributed by atoms with van der Waals surface area (Å²) < 4.78 is 6.62. The summed E-state index contributed by atoms with van der Waals surface area (Å²) in [6, 6.07) is 4.29. The van der Waals surface area contributed by atoms with Gasteiger partial charge >= 0.3 is 0 Å². The summed E-state index contributed by atoms with van der Waals surface area (Å²) in [5.41, 5.74) is 8.71. The molecule has 1 unspecified atom stereocenters. The number of aliphatic hydroxyl groups is 3. The van der Waals surface area contributed by atoms with E-state index in [1.165, 1.54) is 89.9 Å². The maximum Gasteiger partial charge on any atom is 0.0953 e. The molecule has 0 spiro atoms. The zero-order valence-corrected chi connectivity index (χ0v) is 29.4. The molecule has 1 aromatic carbocycles. The van der Waals surface area contributed by atoms with Crippen LogP contribution in [0.5, 0.6) is 0 Å². The van der Waals surface area contributed by atoms with Crippen LogP contribution in [0.4, 0.5) is 0 Å². The van der Waals surface area contributed by atoms with Gasteiger partial charge in [-0.1, -0.05) is 157 Å². The Hall–Kier alpha value is -0.980. The van der Waals surface area contributed by atoms with Crippen LogP contribution in [0.1, 0.15) is 180 Å². The van der Waals surface area contributed by atoms with Gasteiger partial charge in [0.1, 0.15) is 0 Å². The van der Waals surface area contributed by atoms with E-state index in [2.05, 4.69) is 60.6 Å². The first-order valence-corrected chi connectivity index (χ1v) is 17.7. The van der Waals surface area contributed by atoms with E-state index in [9.17, 15) is 15.3 Å². The summed E-state index contributed by atoms with van der Waals surface area (Å²) in [5, 5.41) is 31.6. The van der Waals surface area contributed by atoms with Gasteiger partial charge in [-0.15, -0.1) is 0 Å². The normalized spacial score (nSPS) is 13.6. The predicted molar refractivity (Wildman–Crippen MR) is 184 cm³/mol. The summed E-state index contributed by atoms with van der Waals surface area (Å²) >= 11 is 0. The molecule has 5 nitrogen and oxygen atoms in total. The Balaban J connectivity index is 2.74. The van der Waals surface area contributed by atoms with Crippen LogP contribution in [0.15, 0.2) is 12.1 Å². The zero-order chi connectivity index (χ0) is 32.4. The molecule has 1 aromatic rings.